The Morgan fingerprint density at radius 1 is 1.35 bits per heavy atom. The molecule has 0 aliphatic carbocycles. The first-order valence-electron chi connectivity index (χ1n) is 4.74. The molecular formula is C10H10N4OS2. The van der Waals surface area contributed by atoms with Crippen molar-refractivity contribution < 1.29 is 4.74 Å². The van der Waals surface area contributed by atoms with E-state index in [9.17, 15) is 0 Å². The quantitative estimate of drug-likeness (QED) is 0.508. The number of aromatic nitrogens is 2. The van der Waals surface area contributed by atoms with Gasteiger partial charge in [-0.25, -0.2) is 10.9 Å². The average Bonchev–Trinajstić information content (AvgIpc) is 2.87. The van der Waals surface area contributed by atoms with Gasteiger partial charge in [0.25, 0.3) is 5.17 Å². The van der Waals surface area contributed by atoms with E-state index in [-0.39, 0.29) is 5.17 Å². The number of nitrogens with zero attached hydrogens (tertiary/aromatic N) is 3. The standard InChI is InChI=1S/C10H10N4OS2/c1-15-10(16)14(11)9-13-12-8(17-9)7-5-3-2-4-6-7/h2-6H,11H2,1H3. The Morgan fingerprint density at radius 3 is 2.71 bits per heavy atom. The predicted octanol–water partition coefficient (Wildman–Crippen LogP) is 1.82. The van der Waals surface area contributed by atoms with Crippen LogP contribution in [0.15, 0.2) is 30.3 Å². The highest BCUT2D eigenvalue weighted by Crippen LogP contribution is 2.27. The molecule has 0 saturated heterocycles. The fraction of sp³-hybridized carbons (Fsp3) is 0.100. The highest BCUT2D eigenvalue weighted by atomic mass is 32.1. The van der Waals surface area contributed by atoms with Crippen LogP contribution in [0, 0.1) is 0 Å². The molecule has 0 atom stereocenters. The molecule has 2 aromatic rings. The van der Waals surface area contributed by atoms with Crippen LogP contribution in [-0.4, -0.2) is 22.5 Å². The normalized spacial score (nSPS) is 10.0. The van der Waals surface area contributed by atoms with Crippen molar-refractivity contribution in [3.05, 3.63) is 30.3 Å². The molecule has 0 unspecified atom stereocenters. The highest BCUT2D eigenvalue weighted by molar-refractivity contribution is 7.80. The van der Waals surface area contributed by atoms with Crippen molar-refractivity contribution in [1.29, 1.82) is 0 Å². The van der Waals surface area contributed by atoms with Crippen molar-refractivity contribution in [2.45, 2.75) is 0 Å². The average molecular weight is 266 g/mol. The molecule has 0 amide bonds. The van der Waals surface area contributed by atoms with E-state index in [4.69, 9.17) is 22.8 Å². The van der Waals surface area contributed by atoms with Gasteiger partial charge < -0.3 is 4.74 Å². The molecule has 88 valence electrons. The molecule has 17 heavy (non-hydrogen) atoms. The van der Waals surface area contributed by atoms with Crippen LogP contribution in [0.3, 0.4) is 0 Å². The third-order valence-corrected chi connectivity index (χ3v) is 3.35. The summed E-state index contributed by atoms with van der Waals surface area (Å²) in [4.78, 5) is 0. The third-order valence-electron chi connectivity index (χ3n) is 2.01. The Labute approximate surface area is 108 Å². The van der Waals surface area contributed by atoms with E-state index >= 15 is 0 Å². The smallest absolute Gasteiger partial charge is 0.280 e. The van der Waals surface area contributed by atoms with Gasteiger partial charge in [-0.1, -0.05) is 41.7 Å². The molecule has 0 spiro atoms. The topological polar surface area (TPSA) is 64.3 Å². The largest absolute Gasteiger partial charge is 0.473 e. The molecule has 0 fully saturated rings. The summed E-state index contributed by atoms with van der Waals surface area (Å²) >= 11 is 6.25. The van der Waals surface area contributed by atoms with E-state index in [0.29, 0.717) is 5.13 Å². The van der Waals surface area contributed by atoms with E-state index in [1.807, 2.05) is 30.3 Å². The number of hydrazine groups is 1. The summed E-state index contributed by atoms with van der Waals surface area (Å²) in [6, 6.07) is 9.74. The van der Waals surface area contributed by atoms with E-state index < -0.39 is 0 Å². The lowest BCUT2D eigenvalue weighted by Crippen LogP contribution is -2.37. The Hall–Kier alpha value is -1.57. The molecule has 2 rings (SSSR count). The van der Waals surface area contributed by atoms with Gasteiger partial charge in [0.2, 0.25) is 5.13 Å². The molecular weight excluding hydrogens is 256 g/mol. The monoisotopic (exact) mass is 266 g/mol. The van der Waals surface area contributed by atoms with Crippen LogP contribution in [0.1, 0.15) is 0 Å². The molecule has 0 radical (unpaired) electrons. The van der Waals surface area contributed by atoms with Crippen molar-refractivity contribution in [2.75, 3.05) is 12.1 Å². The minimum atomic E-state index is 0.153. The Kier molecular flexibility index (Phi) is 3.62. The first-order valence-corrected chi connectivity index (χ1v) is 5.96. The van der Waals surface area contributed by atoms with Crippen molar-refractivity contribution in [2.24, 2.45) is 5.84 Å². The Bertz CT molecular complexity index is 514. The molecule has 2 N–H and O–H groups in total. The van der Waals surface area contributed by atoms with E-state index in [1.54, 1.807) is 0 Å². The minimum absolute atomic E-state index is 0.153. The van der Waals surface area contributed by atoms with Gasteiger partial charge in [-0.15, -0.1) is 10.2 Å². The molecule has 1 heterocycles. The van der Waals surface area contributed by atoms with Crippen molar-refractivity contribution in [3.8, 4) is 10.6 Å². The van der Waals surface area contributed by atoms with Gasteiger partial charge in [-0.3, -0.25) is 0 Å². The summed E-state index contributed by atoms with van der Waals surface area (Å²) in [7, 11) is 1.46. The van der Waals surface area contributed by atoms with Crippen LogP contribution in [0.5, 0.6) is 0 Å². The first kappa shape index (κ1) is 11.9. The third kappa shape index (κ3) is 2.57. The minimum Gasteiger partial charge on any atom is -0.473 e. The van der Waals surface area contributed by atoms with E-state index in [1.165, 1.54) is 23.5 Å². The molecule has 0 bridgehead atoms. The second-order valence-corrected chi connectivity index (χ2v) is 4.40. The van der Waals surface area contributed by atoms with Crippen LogP contribution < -0.4 is 10.9 Å². The number of nitrogens with two attached hydrogens (primary N) is 1. The van der Waals surface area contributed by atoms with Gasteiger partial charge >= 0.3 is 0 Å². The first-order chi connectivity index (χ1) is 8.22. The maximum absolute atomic E-state index is 5.72. The fourth-order valence-corrected chi connectivity index (χ4v) is 2.10. The maximum atomic E-state index is 5.72. The summed E-state index contributed by atoms with van der Waals surface area (Å²) in [5, 5.41) is 10.6. The number of rotatable bonds is 2. The summed E-state index contributed by atoms with van der Waals surface area (Å²) in [5.74, 6) is 5.72. The molecule has 0 aliphatic heterocycles. The molecule has 7 heteroatoms. The zero-order valence-corrected chi connectivity index (χ0v) is 10.7. The molecule has 5 nitrogen and oxygen atoms in total. The fourth-order valence-electron chi connectivity index (χ4n) is 1.19. The number of ether oxygens (including phenoxy) is 1. The molecule has 1 aromatic heterocycles. The van der Waals surface area contributed by atoms with Gasteiger partial charge in [0.05, 0.1) is 7.11 Å². The lowest BCUT2D eigenvalue weighted by atomic mass is 10.2. The Morgan fingerprint density at radius 2 is 2.06 bits per heavy atom. The predicted molar refractivity (Wildman–Crippen MR) is 71.6 cm³/mol. The maximum Gasteiger partial charge on any atom is 0.280 e. The SMILES string of the molecule is COC(=S)N(N)c1nnc(-c2ccccc2)s1. The molecule has 0 saturated carbocycles. The lowest BCUT2D eigenvalue weighted by Gasteiger charge is -2.12. The Balaban J connectivity index is 2.25. The van der Waals surface area contributed by atoms with E-state index in [2.05, 4.69) is 10.2 Å². The zero-order chi connectivity index (χ0) is 12.3. The second kappa shape index (κ2) is 5.17. The van der Waals surface area contributed by atoms with Crippen LogP contribution >= 0.6 is 23.6 Å². The van der Waals surface area contributed by atoms with Gasteiger partial charge in [-0.05, 0) is 12.2 Å². The number of benzene rings is 1. The molecule has 1 aromatic carbocycles. The number of hydrogen-bond donors (Lipinski definition) is 1. The van der Waals surface area contributed by atoms with Gasteiger partial charge in [0, 0.05) is 5.56 Å². The van der Waals surface area contributed by atoms with Gasteiger partial charge in [0.15, 0.2) is 0 Å². The number of hydrogen-bond acceptors (Lipinski definition) is 6. The van der Waals surface area contributed by atoms with Gasteiger partial charge in [0.1, 0.15) is 5.01 Å². The van der Waals surface area contributed by atoms with Gasteiger partial charge in [-0.2, -0.15) is 0 Å². The summed E-state index contributed by atoms with van der Waals surface area (Å²) in [6.07, 6.45) is 0. The van der Waals surface area contributed by atoms with Crippen LogP contribution in [-0.2, 0) is 4.74 Å². The van der Waals surface area contributed by atoms with Crippen LogP contribution in [0.25, 0.3) is 10.6 Å². The van der Waals surface area contributed by atoms with Crippen molar-refractivity contribution in [3.63, 3.8) is 0 Å². The van der Waals surface area contributed by atoms with Crippen molar-refractivity contribution in [1.82, 2.24) is 10.2 Å². The summed E-state index contributed by atoms with van der Waals surface area (Å²) in [6.45, 7) is 0. The van der Waals surface area contributed by atoms with Crippen molar-refractivity contribution >= 4 is 33.9 Å². The molecule has 0 aliphatic rings. The lowest BCUT2D eigenvalue weighted by molar-refractivity contribution is 0.403. The number of thiocarbonyl (C=S) groups is 1. The van der Waals surface area contributed by atoms with E-state index in [0.717, 1.165) is 10.6 Å². The second-order valence-electron chi connectivity index (χ2n) is 3.10. The van der Waals surface area contributed by atoms with Crippen LogP contribution in [0.4, 0.5) is 5.13 Å². The summed E-state index contributed by atoms with van der Waals surface area (Å²) in [5.41, 5.74) is 0.994. The summed E-state index contributed by atoms with van der Waals surface area (Å²) < 4.78 is 4.85. The van der Waals surface area contributed by atoms with Crippen LogP contribution in [0.2, 0.25) is 0 Å². The number of anilines is 1. The number of methoxy groups -OCH3 is 1. The zero-order valence-electron chi connectivity index (χ0n) is 9.03. The highest BCUT2D eigenvalue weighted by Gasteiger charge is 2.14.